The zero-order chi connectivity index (χ0) is 23.2. The van der Waals surface area contributed by atoms with Gasteiger partial charge in [-0.25, -0.2) is 4.79 Å². The minimum Gasteiger partial charge on any atom is -0.497 e. The van der Waals surface area contributed by atoms with Gasteiger partial charge in [0, 0.05) is 39.9 Å². The topological polar surface area (TPSA) is 75.8 Å². The Hall–Kier alpha value is -3.84. The molecule has 6 rings (SSSR count). The molecule has 34 heavy (non-hydrogen) atoms. The lowest BCUT2D eigenvalue weighted by molar-refractivity contribution is 0.174. The van der Waals surface area contributed by atoms with E-state index in [4.69, 9.17) is 25.8 Å². The number of hydrogen-bond acceptors (Lipinski definition) is 4. The van der Waals surface area contributed by atoms with Crippen molar-refractivity contribution in [1.82, 2.24) is 9.88 Å². The van der Waals surface area contributed by atoms with Gasteiger partial charge >= 0.3 is 6.03 Å². The Balaban J connectivity index is 1.39. The number of urea groups is 1. The van der Waals surface area contributed by atoms with E-state index < -0.39 is 0 Å². The van der Waals surface area contributed by atoms with Crippen LogP contribution in [0.25, 0.3) is 10.9 Å². The zero-order valence-corrected chi connectivity index (χ0v) is 19.2. The first-order valence-electron chi connectivity index (χ1n) is 11.0. The average Bonchev–Trinajstić information content (AvgIpc) is 3.47. The summed E-state index contributed by atoms with van der Waals surface area (Å²) >= 11 is 6.29. The smallest absolute Gasteiger partial charge is 0.322 e. The summed E-state index contributed by atoms with van der Waals surface area (Å²) in [4.78, 5) is 18.9. The van der Waals surface area contributed by atoms with Gasteiger partial charge in [0.15, 0.2) is 11.5 Å². The van der Waals surface area contributed by atoms with Crippen molar-refractivity contribution in [2.45, 2.75) is 12.5 Å². The van der Waals surface area contributed by atoms with Crippen LogP contribution < -0.4 is 19.5 Å². The Morgan fingerprint density at radius 1 is 1.09 bits per heavy atom. The summed E-state index contributed by atoms with van der Waals surface area (Å²) in [6.07, 6.45) is 0.719. The Kier molecular flexibility index (Phi) is 4.99. The normalized spacial score (nSPS) is 16.4. The highest BCUT2D eigenvalue weighted by molar-refractivity contribution is 6.31. The largest absolute Gasteiger partial charge is 0.497 e. The highest BCUT2D eigenvalue weighted by Crippen LogP contribution is 2.40. The molecule has 0 unspecified atom stereocenters. The fourth-order valence-electron chi connectivity index (χ4n) is 4.78. The highest BCUT2D eigenvalue weighted by Gasteiger charge is 2.35. The molecule has 172 valence electrons. The third-order valence-electron chi connectivity index (χ3n) is 6.41. The minimum atomic E-state index is -0.296. The number of methoxy groups -OCH3 is 1. The minimum absolute atomic E-state index is 0.186. The van der Waals surface area contributed by atoms with Gasteiger partial charge in [0.05, 0.1) is 13.2 Å². The number of anilines is 1. The maximum Gasteiger partial charge on any atom is 0.322 e. The molecule has 4 aromatic rings. The van der Waals surface area contributed by atoms with Crippen LogP contribution in [0.3, 0.4) is 0 Å². The second kappa shape index (κ2) is 8.18. The van der Waals surface area contributed by atoms with Crippen LogP contribution in [0, 0.1) is 0 Å². The molecule has 0 bridgehead atoms. The van der Waals surface area contributed by atoms with Gasteiger partial charge in [-0.2, -0.15) is 0 Å². The van der Waals surface area contributed by atoms with Gasteiger partial charge in [-0.3, -0.25) is 0 Å². The second-order valence-corrected chi connectivity index (χ2v) is 8.76. The number of amides is 2. The maximum atomic E-state index is 13.5. The number of aromatic amines is 1. The molecule has 0 aliphatic carbocycles. The van der Waals surface area contributed by atoms with E-state index in [0.29, 0.717) is 28.8 Å². The molecule has 8 heteroatoms. The number of ether oxygens (including phenoxy) is 3. The van der Waals surface area contributed by atoms with Gasteiger partial charge in [0.1, 0.15) is 5.75 Å². The van der Waals surface area contributed by atoms with Crippen molar-refractivity contribution < 1.29 is 19.0 Å². The zero-order valence-electron chi connectivity index (χ0n) is 18.4. The monoisotopic (exact) mass is 475 g/mol. The SMILES string of the molecule is COc1ccc([C@@H]2c3[nH]c4ccc(Cl)cc4c3CCN2C(=O)Nc2ccc3c(c2)OCO3)cc1. The van der Waals surface area contributed by atoms with E-state index in [2.05, 4.69) is 10.3 Å². The Morgan fingerprint density at radius 3 is 2.74 bits per heavy atom. The van der Waals surface area contributed by atoms with Crippen molar-refractivity contribution in [2.24, 2.45) is 0 Å². The summed E-state index contributed by atoms with van der Waals surface area (Å²) in [6.45, 7) is 0.741. The van der Waals surface area contributed by atoms with Crippen LogP contribution in [0.2, 0.25) is 5.02 Å². The molecule has 7 nitrogen and oxygen atoms in total. The summed E-state index contributed by atoms with van der Waals surface area (Å²) in [5.41, 5.74) is 4.82. The number of benzene rings is 3. The molecule has 0 radical (unpaired) electrons. The van der Waals surface area contributed by atoms with Gasteiger partial charge in [-0.05, 0) is 60.0 Å². The van der Waals surface area contributed by atoms with Crippen molar-refractivity contribution in [3.05, 3.63) is 82.5 Å². The first-order valence-corrected chi connectivity index (χ1v) is 11.4. The lowest BCUT2D eigenvalue weighted by atomic mass is 9.92. The van der Waals surface area contributed by atoms with Crippen molar-refractivity contribution in [1.29, 1.82) is 0 Å². The predicted molar refractivity (Wildman–Crippen MR) is 130 cm³/mol. The van der Waals surface area contributed by atoms with Gasteiger partial charge in [-0.1, -0.05) is 23.7 Å². The molecule has 2 amide bonds. The number of nitrogens with zero attached hydrogens (tertiary/aromatic N) is 1. The van der Waals surface area contributed by atoms with E-state index in [1.165, 1.54) is 5.56 Å². The number of halogens is 1. The molecule has 3 heterocycles. The van der Waals surface area contributed by atoms with Crippen molar-refractivity contribution in [2.75, 3.05) is 25.8 Å². The number of hydrogen-bond donors (Lipinski definition) is 2. The third kappa shape index (κ3) is 3.49. The molecule has 0 saturated carbocycles. The van der Waals surface area contributed by atoms with Gasteiger partial charge < -0.3 is 29.4 Å². The van der Waals surface area contributed by atoms with Gasteiger partial charge in [-0.15, -0.1) is 0 Å². The van der Waals surface area contributed by atoms with Crippen LogP contribution >= 0.6 is 11.6 Å². The number of fused-ring (bicyclic) bond motifs is 4. The van der Waals surface area contributed by atoms with E-state index in [-0.39, 0.29) is 18.9 Å². The van der Waals surface area contributed by atoms with Crippen LogP contribution in [0.1, 0.15) is 22.9 Å². The predicted octanol–water partition coefficient (Wildman–Crippen LogP) is 5.74. The molecular weight excluding hydrogens is 454 g/mol. The van der Waals surface area contributed by atoms with E-state index in [0.717, 1.165) is 34.3 Å². The molecule has 1 atom stereocenters. The summed E-state index contributed by atoms with van der Waals surface area (Å²) in [6, 6.07) is 18.6. The first-order chi connectivity index (χ1) is 16.6. The van der Waals surface area contributed by atoms with Crippen LogP contribution in [0.4, 0.5) is 10.5 Å². The van der Waals surface area contributed by atoms with E-state index in [1.54, 1.807) is 19.2 Å². The maximum absolute atomic E-state index is 13.5. The van der Waals surface area contributed by atoms with E-state index in [1.807, 2.05) is 53.4 Å². The fraction of sp³-hybridized carbons (Fsp3) is 0.192. The number of H-pyrrole nitrogens is 1. The molecule has 0 fully saturated rings. The number of aromatic nitrogens is 1. The van der Waals surface area contributed by atoms with Gasteiger partial charge in [0.25, 0.3) is 0 Å². The van der Waals surface area contributed by atoms with E-state index in [9.17, 15) is 4.79 Å². The molecule has 2 aliphatic heterocycles. The molecule has 0 spiro atoms. The first kappa shape index (κ1) is 20.7. The number of rotatable bonds is 3. The molecule has 1 aromatic heterocycles. The average molecular weight is 476 g/mol. The number of carbonyl (C=O) groups is 1. The van der Waals surface area contributed by atoms with E-state index >= 15 is 0 Å². The van der Waals surface area contributed by atoms with Crippen molar-refractivity contribution >= 4 is 34.2 Å². The summed E-state index contributed by atoms with van der Waals surface area (Å²) in [5, 5.41) is 4.82. The number of nitrogens with one attached hydrogen (secondary N) is 2. The Morgan fingerprint density at radius 2 is 1.91 bits per heavy atom. The molecule has 2 N–H and O–H groups in total. The summed E-state index contributed by atoms with van der Waals surface area (Å²) in [5.74, 6) is 2.06. The third-order valence-corrected chi connectivity index (χ3v) is 6.64. The lowest BCUT2D eigenvalue weighted by Gasteiger charge is -2.36. The van der Waals surface area contributed by atoms with Crippen molar-refractivity contribution in [3.8, 4) is 17.2 Å². The van der Waals surface area contributed by atoms with Crippen LogP contribution in [-0.2, 0) is 6.42 Å². The summed E-state index contributed by atoms with van der Waals surface area (Å²) < 4.78 is 16.2. The lowest BCUT2D eigenvalue weighted by Crippen LogP contribution is -2.43. The molecular formula is C26H22ClN3O4. The molecule has 2 aliphatic rings. The fourth-order valence-corrected chi connectivity index (χ4v) is 4.95. The quantitative estimate of drug-likeness (QED) is 0.396. The van der Waals surface area contributed by atoms with Crippen molar-refractivity contribution in [3.63, 3.8) is 0 Å². The van der Waals surface area contributed by atoms with Gasteiger partial charge in [0.2, 0.25) is 6.79 Å². The summed E-state index contributed by atoms with van der Waals surface area (Å²) in [7, 11) is 1.64. The van der Waals surface area contributed by atoms with Crippen LogP contribution in [0.5, 0.6) is 17.2 Å². The Bertz CT molecular complexity index is 1400. The van der Waals surface area contributed by atoms with Crippen LogP contribution in [0.15, 0.2) is 60.7 Å². The highest BCUT2D eigenvalue weighted by atomic mass is 35.5. The molecule has 0 saturated heterocycles. The Labute approximate surface area is 201 Å². The standard InChI is InChI=1S/C26H22ClN3O4/c1-32-18-6-2-15(3-7-18)25-24-19(20-12-16(27)4-8-21(20)29-24)10-11-30(25)26(31)28-17-5-9-22-23(13-17)34-14-33-22/h2-9,12-13,25,29H,10-11,14H2,1H3,(H,28,31)/t25-/m1/s1. The second-order valence-electron chi connectivity index (χ2n) is 8.32. The molecule has 3 aromatic carbocycles. The number of carbonyl (C=O) groups excluding carboxylic acids is 1. The van der Waals surface area contributed by atoms with Crippen LogP contribution in [-0.4, -0.2) is 36.4 Å².